The second-order valence-corrected chi connectivity index (χ2v) is 21.8. The molecule has 17 nitrogen and oxygen atoms in total. The molecule has 17 heteroatoms. The van der Waals surface area contributed by atoms with Crippen molar-refractivity contribution in [2.75, 3.05) is 13.2 Å². The van der Waals surface area contributed by atoms with E-state index < -0.39 is 110 Å². The molecule has 0 amide bonds. The van der Waals surface area contributed by atoms with Gasteiger partial charge in [-0.1, -0.05) is 46.3 Å². The first-order valence-electron chi connectivity index (χ1n) is 23.6. The van der Waals surface area contributed by atoms with Crippen LogP contribution < -0.4 is 0 Å². The molecule has 25 atom stereocenters. The van der Waals surface area contributed by atoms with Gasteiger partial charge in [-0.25, -0.2) is 0 Å². The molecule has 0 aromatic rings. The van der Waals surface area contributed by atoms with Gasteiger partial charge in [-0.3, -0.25) is 0 Å². The predicted molar refractivity (Wildman–Crippen MR) is 221 cm³/mol. The summed E-state index contributed by atoms with van der Waals surface area (Å²) in [6.07, 6.45) is -10.2. The Labute approximate surface area is 370 Å². The first-order chi connectivity index (χ1) is 29.6. The molecule has 8 rings (SSSR count). The average molecular weight is 901 g/mol. The maximum atomic E-state index is 12.3. The molecule has 4 heterocycles. The summed E-state index contributed by atoms with van der Waals surface area (Å²) in [5.41, 5.74) is 0.758. The Morgan fingerprint density at radius 1 is 0.746 bits per heavy atom. The van der Waals surface area contributed by atoms with E-state index in [1.54, 1.807) is 6.92 Å². The molecule has 0 aromatic carbocycles. The van der Waals surface area contributed by atoms with Crippen molar-refractivity contribution in [3.63, 3.8) is 0 Å². The molecule has 63 heavy (non-hydrogen) atoms. The maximum Gasteiger partial charge on any atom is 0.187 e. The van der Waals surface area contributed by atoms with Crippen molar-refractivity contribution in [1.82, 2.24) is 0 Å². The molecule has 0 aromatic heterocycles. The van der Waals surface area contributed by atoms with Gasteiger partial charge in [0, 0.05) is 17.8 Å². The van der Waals surface area contributed by atoms with E-state index in [-0.39, 0.29) is 41.5 Å². The number of rotatable bonds is 11. The Kier molecular flexibility index (Phi) is 13.8. The van der Waals surface area contributed by atoms with Crippen molar-refractivity contribution in [2.45, 2.75) is 216 Å². The Morgan fingerprint density at radius 2 is 1.37 bits per heavy atom. The van der Waals surface area contributed by atoms with Gasteiger partial charge in [0.05, 0.1) is 37.6 Å². The average Bonchev–Trinajstić information content (AvgIpc) is 3.66. The Balaban J connectivity index is 0.869. The summed E-state index contributed by atoms with van der Waals surface area (Å²) in [4.78, 5) is 0. The summed E-state index contributed by atoms with van der Waals surface area (Å²) in [7, 11) is 0. The Morgan fingerprint density at radius 3 is 2.03 bits per heavy atom. The predicted octanol–water partition coefficient (Wildman–Crippen LogP) is 0.586. The number of aliphatic hydroxyl groups is 10. The largest absolute Gasteiger partial charge is 0.394 e. The van der Waals surface area contributed by atoms with Gasteiger partial charge in [0.2, 0.25) is 0 Å². The topological polar surface area (TPSA) is 267 Å². The molecule has 8 aliphatic rings. The van der Waals surface area contributed by atoms with E-state index >= 15 is 0 Å². The SMILES string of the molecule is CC(CCC1(O)OC2CC3C4CC=C5CC(OC6OC(CO)C(OC7OC(C)C(O)C(O)C7O)C(O)C6O)CCC5(C)C4CCC3(C)C2C1(C)C)COC1OC(C)C(O)C(O)C1O. The van der Waals surface area contributed by atoms with Crippen LogP contribution in [0.2, 0.25) is 0 Å². The highest BCUT2D eigenvalue weighted by Crippen LogP contribution is 2.72. The molecule has 25 unspecified atom stereocenters. The van der Waals surface area contributed by atoms with Crippen molar-refractivity contribution in [3.05, 3.63) is 11.6 Å². The number of allylic oxidation sites excluding steroid dienone is 1. The fourth-order valence-electron chi connectivity index (χ4n) is 13.9. The molecule has 0 radical (unpaired) electrons. The molecule has 10 N–H and O–H groups in total. The summed E-state index contributed by atoms with van der Waals surface area (Å²) in [5, 5.41) is 106. The van der Waals surface area contributed by atoms with Crippen LogP contribution in [0.3, 0.4) is 0 Å². The smallest absolute Gasteiger partial charge is 0.187 e. The van der Waals surface area contributed by atoms with E-state index in [1.807, 2.05) is 6.92 Å². The first-order valence-corrected chi connectivity index (χ1v) is 23.6. The lowest BCUT2D eigenvalue weighted by molar-refractivity contribution is -0.360. The van der Waals surface area contributed by atoms with Gasteiger partial charge >= 0.3 is 0 Å². The van der Waals surface area contributed by atoms with Crippen molar-refractivity contribution >= 4 is 0 Å². The van der Waals surface area contributed by atoms with Crippen molar-refractivity contribution in [3.8, 4) is 0 Å². The highest BCUT2D eigenvalue weighted by molar-refractivity contribution is 5.27. The summed E-state index contributed by atoms with van der Waals surface area (Å²) in [6, 6.07) is 0. The van der Waals surface area contributed by atoms with Crippen LogP contribution in [0.1, 0.15) is 106 Å². The zero-order valence-corrected chi connectivity index (χ0v) is 37.9. The van der Waals surface area contributed by atoms with Crippen molar-refractivity contribution in [2.24, 2.45) is 45.8 Å². The third kappa shape index (κ3) is 8.21. The van der Waals surface area contributed by atoms with Crippen LogP contribution in [-0.2, 0) is 33.2 Å². The van der Waals surface area contributed by atoms with Gasteiger partial charge in [0.1, 0.15) is 61.0 Å². The molecule has 0 spiro atoms. The lowest BCUT2D eigenvalue weighted by atomic mass is 9.46. The molecule has 7 fully saturated rings. The number of aliphatic hydroxyl groups excluding tert-OH is 9. The minimum Gasteiger partial charge on any atom is -0.394 e. The van der Waals surface area contributed by atoms with Crippen LogP contribution in [0.5, 0.6) is 0 Å². The van der Waals surface area contributed by atoms with Crippen LogP contribution in [0, 0.1) is 45.8 Å². The molecule has 3 saturated carbocycles. The summed E-state index contributed by atoms with van der Waals surface area (Å²) in [5.74, 6) is 0.203. The Hall–Kier alpha value is -0.940. The molecule has 4 aliphatic carbocycles. The third-order valence-corrected chi connectivity index (χ3v) is 17.8. The summed E-state index contributed by atoms with van der Waals surface area (Å²) in [6.45, 7) is 13.9. The van der Waals surface area contributed by atoms with E-state index in [4.69, 9.17) is 33.2 Å². The molecular weight excluding hydrogens is 824 g/mol. The van der Waals surface area contributed by atoms with E-state index in [0.29, 0.717) is 43.4 Å². The standard InChI is InChI=1S/C46H76O17/c1-20(19-57-40-35(53)32(50)30(48)21(2)58-40)10-15-46(56)43(4,5)39-28(63-46)17-27-25-9-8-23-16-24(11-13-44(23,6)26(25)12-14-45(27,39)7)60-42-37(55)34(52)38(29(18-47)61-42)62-41-36(54)33(51)31(49)22(3)59-41/h8,20-22,24-42,47-56H,9-19H2,1-7H3. The quantitative estimate of drug-likeness (QED) is 0.127. The van der Waals surface area contributed by atoms with Gasteiger partial charge in [-0.15, -0.1) is 0 Å². The van der Waals surface area contributed by atoms with Gasteiger partial charge in [0.15, 0.2) is 24.7 Å². The fourth-order valence-corrected chi connectivity index (χ4v) is 13.9. The highest BCUT2D eigenvalue weighted by Gasteiger charge is 2.71. The molecule has 0 bridgehead atoms. The van der Waals surface area contributed by atoms with Gasteiger partial charge in [-0.05, 0) is 99.7 Å². The fraction of sp³-hybridized carbons (Fsp3) is 0.957. The van der Waals surface area contributed by atoms with Gasteiger partial charge in [0.25, 0.3) is 0 Å². The number of hydrogen-bond acceptors (Lipinski definition) is 17. The van der Waals surface area contributed by atoms with Gasteiger partial charge < -0.3 is 84.2 Å². The van der Waals surface area contributed by atoms with Gasteiger partial charge in [-0.2, -0.15) is 0 Å². The number of fused-ring (bicyclic) bond motifs is 7. The highest BCUT2D eigenvalue weighted by atomic mass is 16.7. The summed E-state index contributed by atoms with van der Waals surface area (Å²) < 4.78 is 41.9. The number of ether oxygens (including phenoxy) is 7. The van der Waals surface area contributed by atoms with Crippen molar-refractivity contribution < 1.29 is 84.2 Å². The first kappa shape index (κ1) is 48.5. The zero-order valence-electron chi connectivity index (χ0n) is 37.9. The minimum absolute atomic E-state index is 0.00118. The minimum atomic E-state index is -1.64. The molecular formula is C46H76O17. The van der Waals surface area contributed by atoms with E-state index in [9.17, 15) is 51.1 Å². The molecule has 4 saturated heterocycles. The second-order valence-electron chi connectivity index (χ2n) is 21.8. The summed E-state index contributed by atoms with van der Waals surface area (Å²) >= 11 is 0. The van der Waals surface area contributed by atoms with Crippen LogP contribution in [0.15, 0.2) is 11.6 Å². The van der Waals surface area contributed by atoms with E-state index in [0.717, 1.165) is 32.1 Å². The third-order valence-electron chi connectivity index (χ3n) is 17.8. The van der Waals surface area contributed by atoms with E-state index in [2.05, 4.69) is 33.8 Å². The Bertz CT molecular complexity index is 1630. The monoisotopic (exact) mass is 901 g/mol. The second kappa shape index (κ2) is 17.9. The maximum absolute atomic E-state index is 12.3. The van der Waals surface area contributed by atoms with Crippen LogP contribution in [-0.4, -0.2) is 174 Å². The zero-order chi connectivity index (χ0) is 45.7. The lowest BCUT2D eigenvalue weighted by Gasteiger charge is -2.59. The van der Waals surface area contributed by atoms with E-state index in [1.165, 1.54) is 12.5 Å². The molecule has 4 aliphatic heterocycles. The van der Waals surface area contributed by atoms with Crippen LogP contribution in [0.4, 0.5) is 0 Å². The normalized spacial score (nSPS) is 54.7. The lowest BCUT2D eigenvalue weighted by Crippen LogP contribution is -2.64. The van der Waals surface area contributed by atoms with Crippen molar-refractivity contribution in [1.29, 1.82) is 0 Å². The van der Waals surface area contributed by atoms with Crippen LogP contribution in [0.25, 0.3) is 0 Å². The molecule has 362 valence electrons. The van der Waals surface area contributed by atoms with Crippen LogP contribution >= 0.6 is 0 Å². The number of hydrogen-bond donors (Lipinski definition) is 10.